The Morgan fingerprint density at radius 3 is 1.84 bits per heavy atom. The molecule has 0 spiro atoms. The molecule has 4 amide bonds. The fraction of sp³-hybridized carbons (Fsp3) is 0.263. The van der Waals surface area contributed by atoms with Crippen molar-refractivity contribution >= 4 is 69.0 Å². The first-order valence-corrected chi connectivity index (χ1v) is 17.6. The Morgan fingerprint density at radius 1 is 0.690 bits per heavy atom. The third kappa shape index (κ3) is 5.18. The second-order valence-corrected chi connectivity index (χ2v) is 15.4. The molecule has 7 nitrogen and oxygen atoms in total. The Balaban J connectivity index is 1.35. The van der Waals surface area contributed by atoms with E-state index in [9.17, 15) is 63.8 Å². The van der Waals surface area contributed by atoms with Crippen LogP contribution in [0, 0.1) is 46.8 Å². The average molecular weight is 863 g/mol. The van der Waals surface area contributed by atoms with E-state index in [4.69, 9.17) is 23.2 Å². The van der Waals surface area contributed by atoms with Gasteiger partial charge < -0.3 is 5.11 Å². The number of hydrogen-bond acceptors (Lipinski definition) is 5. The van der Waals surface area contributed by atoms with Crippen LogP contribution in [-0.4, -0.2) is 38.5 Å². The van der Waals surface area contributed by atoms with Gasteiger partial charge in [-0.05, 0) is 53.8 Å². The van der Waals surface area contributed by atoms with Crippen molar-refractivity contribution in [2.45, 2.75) is 40.9 Å². The molecule has 58 heavy (non-hydrogen) atoms. The lowest BCUT2D eigenvalue weighted by Crippen LogP contribution is -2.60. The topological polar surface area (TPSA) is 95.0 Å². The zero-order valence-corrected chi connectivity index (χ0v) is 29.9. The molecule has 6 atom stereocenters. The number of rotatable bonds is 3. The van der Waals surface area contributed by atoms with E-state index in [0.717, 1.165) is 6.07 Å². The van der Waals surface area contributed by atoms with Gasteiger partial charge in [-0.3, -0.25) is 19.2 Å². The SMILES string of the molecule is O=C1[C@H]2[C@H](CC=C3[C@H]2C[C@@]2(Cl)C(=O)N(c4c(F)c(F)c(F)c(F)c4F)C(=O)[C@@]2(Cl)[C@H]3c2c(O)ccc3ccccc23)C(=O)N1c1cc(C(F)(F)F)cc(C(F)(F)F)c1. The second-order valence-electron chi connectivity index (χ2n) is 14.2. The number of halogens is 13. The van der Waals surface area contributed by atoms with Crippen LogP contribution in [0.15, 0.2) is 66.2 Å². The predicted octanol–water partition coefficient (Wildman–Crippen LogP) is 9.05. The monoisotopic (exact) mass is 862 g/mol. The van der Waals surface area contributed by atoms with Crippen molar-refractivity contribution in [3.63, 3.8) is 0 Å². The van der Waals surface area contributed by atoms with Gasteiger partial charge in [-0.1, -0.05) is 42.0 Å². The van der Waals surface area contributed by atoms with Gasteiger partial charge in [0.2, 0.25) is 17.6 Å². The van der Waals surface area contributed by atoms with Crippen LogP contribution in [0.1, 0.15) is 35.4 Å². The van der Waals surface area contributed by atoms with Crippen molar-refractivity contribution in [1.29, 1.82) is 0 Å². The van der Waals surface area contributed by atoms with E-state index in [0.29, 0.717) is 5.39 Å². The Hall–Kier alpha value is -5.23. The minimum absolute atomic E-state index is 0.115. The zero-order chi connectivity index (χ0) is 42.3. The van der Waals surface area contributed by atoms with Crippen LogP contribution in [-0.2, 0) is 31.5 Å². The van der Waals surface area contributed by atoms with Crippen LogP contribution in [0.2, 0.25) is 0 Å². The molecule has 2 saturated heterocycles. The second kappa shape index (κ2) is 12.6. The molecule has 1 saturated carbocycles. The van der Waals surface area contributed by atoms with Gasteiger partial charge in [0.25, 0.3) is 11.8 Å². The summed E-state index contributed by atoms with van der Waals surface area (Å²) in [5.41, 5.74) is -7.28. The highest BCUT2D eigenvalue weighted by Crippen LogP contribution is 2.67. The highest BCUT2D eigenvalue weighted by Gasteiger charge is 2.77. The van der Waals surface area contributed by atoms with Crippen molar-refractivity contribution in [3.8, 4) is 5.75 Å². The first-order chi connectivity index (χ1) is 27.0. The highest BCUT2D eigenvalue weighted by molar-refractivity contribution is 6.58. The summed E-state index contributed by atoms with van der Waals surface area (Å²) in [4.78, 5) is 50.9. The maximum atomic E-state index is 15.4. The van der Waals surface area contributed by atoms with Crippen molar-refractivity contribution in [2.75, 3.05) is 9.80 Å². The number of fused-ring (bicyclic) bond motifs is 5. The molecule has 1 N–H and O–H groups in total. The number of carbonyl (C=O) groups is 4. The van der Waals surface area contributed by atoms with Gasteiger partial charge in [0.05, 0.1) is 28.7 Å². The molecule has 2 aliphatic carbocycles. The van der Waals surface area contributed by atoms with Crippen molar-refractivity contribution in [1.82, 2.24) is 0 Å². The molecule has 302 valence electrons. The number of amides is 4. The largest absolute Gasteiger partial charge is 0.508 e. The number of anilines is 2. The summed E-state index contributed by atoms with van der Waals surface area (Å²) >= 11 is 14.2. The summed E-state index contributed by atoms with van der Waals surface area (Å²) in [6.07, 6.45) is -11.0. The van der Waals surface area contributed by atoms with Crippen LogP contribution >= 0.6 is 23.2 Å². The molecule has 4 aromatic rings. The van der Waals surface area contributed by atoms with E-state index >= 15 is 8.78 Å². The number of nitrogens with zero attached hydrogens (tertiary/aromatic N) is 2. The molecule has 0 bridgehead atoms. The number of imide groups is 2. The normalized spacial score (nSPS) is 27.3. The van der Waals surface area contributed by atoms with Gasteiger partial charge in [-0.15, -0.1) is 23.2 Å². The Bertz CT molecular complexity index is 2540. The van der Waals surface area contributed by atoms with Gasteiger partial charge >= 0.3 is 12.4 Å². The fourth-order valence-corrected chi connectivity index (χ4v) is 9.71. The van der Waals surface area contributed by atoms with Crippen LogP contribution in [0.25, 0.3) is 10.8 Å². The van der Waals surface area contributed by atoms with Gasteiger partial charge in [0, 0.05) is 11.5 Å². The molecule has 2 heterocycles. The number of phenolic OH excluding ortho intramolecular Hbond substituents is 1. The number of carbonyl (C=O) groups excluding carboxylic acids is 4. The van der Waals surface area contributed by atoms with Gasteiger partial charge in [-0.2, -0.15) is 26.3 Å². The Morgan fingerprint density at radius 2 is 1.26 bits per heavy atom. The maximum absolute atomic E-state index is 15.4. The molecule has 8 rings (SSSR count). The number of phenols is 1. The molecular formula is C38H19Cl2F11N2O5. The minimum Gasteiger partial charge on any atom is -0.508 e. The first kappa shape index (κ1) is 39.6. The lowest BCUT2D eigenvalue weighted by Gasteiger charge is -2.51. The van der Waals surface area contributed by atoms with Crippen molar-refractivity contribution < 1.29 is 72.6 Å². The lowest BCUT2D eigenvalue weighted by atomic mass is 9.56. The standard InChI is InChI=1S/C38H19Cl2F11N2O5/c39-35-12-20-18(6-7-19-22(20)32(56)52(31(19)55)16-10-14(37(46,47)48)9-15(11-16)38(49,50)51)24(23-17-4-2-1-3-13(17)5-8-21(23)54)36(35,40)34(58)53(33(35)57)30-28(44)26(42)25(41)27(43)29(30)45/h1-6,8-11,19-20,22,24,54H,7,12H2/t19-,20+,22-,24+,35+,36-/m0/s1. The van der Waals surface area contributed by atoms with Gasteiger partial charge in [0.1, 0.15) is 11.4 Å². The third-order valence-corrected chi connectivity index (χ3v) is 12.7. The van der Waals surface area contributed by atoms with Crippen molar-refractivity contribution in [2.24, 2.45) is 17.8 Å². The molecule has 4 aliphatic rings. The zero-order valence-electron chi connectivity index (χ0n) is 28.4. The number of aromatic hydroxyl groups is 1. The Labute approximate surface area is 327 Å². The van der Waals surface area contributed by atoms with E-state index in [1.165, 1.54) is 30.3 Å². The number of hydrogen-bond donors (Lipinski definition) is 1. The molecule has 2 aliphatic heterocycles. The predicted molar refractivity (Wildman–Crippen MR) is 181 cm³/mol. The smallest absolute Gasteiger partial charge is 0.416 e. The summed E-state index contributed by atoms with van der Waals surface area (Å²) in [5.74, 6) is -26.8. The molecule has 20 heteroatoms. The molecule has 0 aromatic heterocycles. The molecule has 0 radical (unpaired) electrons. The van der Waals surface area contributed by atoms with Gasteiger partial charge in [0.15, 0.2) is 33.0 Å². The van der Waals surface area contributed by atoms with Crippen LogP contribution in [0.4, 0.5) is 59.7 Å². The summed E-state index contributed by atoms with van der Waals surface area (Å²) in [6, 6.07) is 8.61. The fourth-order valence-electron chi connectivity index (χ4n) is 8.79. The summed E-state index contributed by atoms with van der Waals surface area (Å²) in [5, 5.41) is 11.9. The molecular weight excluding hydrogens is 844 g/mol. The van der Waals surface area contributed by atoms with Gasteiger partial charge in [-0.25, -0.2) is 31.8 Å². The van der Waals surface area contributed by atoms with E-state index in [-0.39, 0.29) is 39.6 Å². The summed E-state index contributed by atoms with van der Waals surface area (Å²) < 4.78 is 157. The van der Waals surface area contributed by atoms with E-state index in [1.807, 2.05) is 0 Å². The summed E-state index contributed by atoms with van der Waals surface area (Å²) in [6.45, 7) is 0. The maximum Gasteiger partial charge on any atom is 0.416 e. The van der Waals surface area contributed by atoms with Crippen LogP contribution in [0.5, 0.6) is 5.75 Å². The summed E-state index contributed by atoms with van der Waals surface area (Å²) in [7, 11) is 0. The van der Waals surface area contributed by atoms with E-state index in [2.05, 4.69) is 0 Å². The Kier molecular flexibility index (Phi) is 8.62. The number of benzene rings is 4. The highest BCUT2D eigenvalue weighted by atomic mass is 35.5. The van der Waals surface area contributed by atoms with Crippen LogP contribution < -0.4 is 9.80 Å². The number of allylic oxidation sites excluding steroid dienone is 2. The average Bonchev–Trinajstić information content (AvgIpc) is 3.50. The third-order valence-electron chi connectivity index (χ3n) is 11.3. The first-order valence-electron chi connectivity index (χ1n) is 16.8. The molecule has 0 unspecified atom stereocenters. The van der Waals surface area contributed by atoms with E-state index in [1.54, 1.807) is 6.07 Å². The van der Waals surface area contributed by atoms with Crippen molar-refractivity contribution in [3.05, 3.63) is 112 Å². The number of alkyl halides is 8. The minimum atomic E-state index is -5.38. The molecule has 4 aromatic carbocycles. The lowest BCUT2D eigenvalue weighted by molar-refractivity contribution is -0.143. The quantitative estimate of drug-likeness (QED) is 0.0555. The molecule has 3 fully saturated rings. The van der Waals surface area contributed by atoms with E-state index < -0.39 is 144 Å². The van der Waals surface area contributed by atoms with Crippen LogP contribution in [0.3, 0.4) is 0 Å².